The maximum Gasteiger partial charge on any atom is 0.272 e. The van der Waals surface area contributed by atoms with Crippen molar-refractivity contribution in [2.24, 2.45) is 7.05 Å². The average Bonchev–Trinajstić information content (AvgIpc) is 2.63. The zero-order valence-corrected chi connectivity index (χ0v) is 10.3. The lowest BCUT2D eigenvalue weighted by Gasteiger charge is -2.06. The molecule has 0 fully saturated rings. The van der Waals surface area contributed by atoms with E-state index in [9.17, 15) is 9.18 Å². The van der Waals surface area contributed by atoms with Crippen molar-refractivity contribution in [3.05, 3.63) is 47.0 Å². The topological polar surface area (TPSA) is 60.0 Å². The lowest BCUT2D eigenvalue weighted by Crippen LogP contribution is -2.15. The Balaban J connectivity index is 2.21. The number of anilines is 2. The summed E-state index contributed by atoms with van der Waals surface area (Å²) in [7, 11) is 1.71. The van der Waals surface area contributed by atoms with Crippen LogP contribution in [0.25, 0.3) is 0 Å². The molecule has 1 aromatic heterocycles. The number of benzene rings is 1. The van der Waals surface area contributed by atoms with E-state index >= 15 is 0 Å². The summed E-state index contributed by atoms with van der Waals surface area (Å²) in [4.78, 5) is 11.9. The molecule has 2 rings (SSSR count). The lowest BCUT2D eigenvalue weighted by atomic mass is 10.3. The van der Waals surface area contributed by atoms with Crippen LogP contribution in [0.1, 0.15) is 10.5 Å². The van der Waals surface area contributed by atoms with Crippen LogP contribution in [0, 0.1) is 5.82 Å². The zero-order chi connectivity index (χ0) is 13.3. The molecule has 0 radical (unpaired) electrons. The van der Waals surface area contributed by atoms with Crippen molar-refractivity contribution >= 4 is 28.9 Å². The molecule has 6 heteroatoms. The second kappa shape index (κ2) is 4.70. The summed E-state index contributed by atoms with van der Waals surface area (Å²) in [5, 5.41) is 2.57. The van der Waals surface area contributed by atoms with Gasteiger partial charge in [0.15, 0.2) is 0 Å². The maximum atomic E-state index is 13.0. The molecule has 0 saturated heterocycles. The van der Waals surface area contributed by atoms with Crippen LogP contribution in [0.4, 0.5) is 15.8 Å². The number of carbonyl (C=O) groups excluding carboxylic acids is 1. The predicted molar refractivity (Wildman–Crippen MR) is 69.2 cm³/mol. The number of hydrogen-bond acceptors (Lipinski definition) is 2. The quantitative estimate of drug-likeness (QED) is 0.879. The molecule has 0 saturated carbocycles. The van der Waals surface area contributed by atoms with E-state index in [1.54, 1.807) is 23.9 Å². The Morgan fingerprint density at radius 3 is 2.72 bits per heavy atom. The number of carbonyl (C=O) groups is 1. The smallest absolute Gasteiger partial charge is 0.272 e. The molecule has 0 aliphatic carbocycles. The van der Waals surface area contributed by atoms with E-state index in [1.165, 1.54) is 18.2 Å². The summed E-state index contributed by atoms with van der Waals surface area (Å²) in [6.45, 7) is 0. The van der Waals surface area contributed by atoms with Gasteiger partial charge in [0, 0.05) is 18.9 Å². The molecule has 2 aromatic rings. The highest BCUT2D eigenvalue weighted by Crippen LogP contribution is 2.20. The van der Waals surface area contributed by atoms with Gasteiger partial charge < -0.3 is 15.6 Å². The SMILES string of the molecule is Cn1cc(N)cc1C(=O)Nc1ccc(F)c(Cl)c1. The molecule has 0 aliphatic rings. The van der Waals surface area contributed by atoms with Crippen molar-refractivity contribution in [3.8, 4) is 0 Å². The number of hydrogen-bond donors (Lipinski definition) is 2. The number of nitrogens with zero attached hydrogens (tertiary/aromatic N) is 1. The fourth-order valence-corrected chi connectivity index (χ4v) is 1.77. The Hall–Kier alpha value is -2.01. The van der Waals surface area contributed by atoms with Crippen LogP contribution >= 0.6 is 11.6 Å². The third kappa shape index (κ3) is 2.46. The monoisotopic (exact) mass is 267 g/mol. The van der Waals surface area contributed by atoms with Gasteiger partial charge in [-0.25, -0.2) is 4.39 Å². The number of rotatable bonds is 2. The fraction of sp³-hybridized carbons (Fsp3) is 0.0833. The van der Waals surface area contributed by atoms with E-state index in [4.69, 9.17) is 17.3 Å². The van der Waals surface area contributed by atoms with Crippen LogP contribution in [0.3, 0.4) is 0 Å². The van der Waals surface area contributed by atoms with Crippen LogP contribution in [0.15, 0.2) is 30.5 Å². The molecule has 3 N–H and O–H groups in total. The highest BCUT2D eigenvalue weighted by atomic mass is 35.5. The minimum Gasteiger partial charge on any atom is -0.397 e. The molecule has 0 bridgehead atoms. The normalized spacial score (nSPS) is 10.4. The molecule has 0 atom stereocenters. The van der Waals surface area contributed by atoms with Crippen molar-refractivity contribution in [1.29, 1.82) is 0 Å². The van der Waals surface area contributed by atoms with Gasteiger partial charge in [0.1, 0.15) is 11.5 Å². The van der Waals surface area contributed by atoms with E-state index in [2.05, 4.69) is 5.32 Å². The van der Waals surface area contributed by atoms with Crippen molar-refractivity contribution in [2.45, 2.75) is 0 Å². The molecule has 0 spiro atoms. The van der Waals surface area contributed by atoms with Crippen LogP contribution in [0.5, 0.6) is 0 Å². The molecule has 1 heterocycles. The predicted octanol–water partition coefficient (Wildman–Crippen LogP) is 2.65. The lowest BCUT2D eigenvalue weighted by molar-refractivity contribution is 0.101. The average molecular weight is 268 g/mol. The van der Waals surface area contributed by atoms with Gasteiger partial charge in [-0.15, -0.1) is 0 Å². The second-order valence-corrected chi connectivity index (χ2v) is 4.26. The van der Waals surface area contributed by atoms with Gasteiger partial charge in [0.05, 0.1) is 10.7 Å². The van der Waals surface area contributed by atoms with Crippen molar-refractivity contribution in [3.63, 3.8) is 0 Å². The summed E-state index contributed by atoms with van der Waals surface area (Å²) >= 11 is 5.63. The Bertz CT molecular complexity index is 609. The molecular formula is C12H11ClFN3O. The Morgan fingerprint density at radius 1 is 1.44 bits per heavy atom. The second-order valence-electron chi connectivity index (χ2n) is 3.85. The molecule has 94 valence electrons. The first-order valence-corrected chi connectivity index (χ1v) is 5.53. The number of nitrogen functional groups attached to an aromatic ring is 1. The third-order valence-corrected chi connectivity index (χ3v) is 2.73. The number of nitrogens with one attached hydrogen (secondary N) is 1. The first kappa shape index (κ1) is 12.4. The van der Waals surface area contributed by atoms with Gasteiger partial charge in [-0.2, -0.15) is 0 Å². The van der Waals surface area contributed by atoms with Gasteiger partial charge in [-0.1, -0.05) is 11.6 Å². The number of aryl methyl sites for hydroxylation is 1. The molecule has 0 unspecified atom stereocenters. The Morgan fingerprint density at radius 2 is 2.17 bits per heavy atom. The van der Waals surface area contributed by atoms with Crippen LogP contribution in [0.2, 0.25) is 5.02 Å². The van der Waals surface area contributed by atoms with Gasteiger partial charge in [-0.05, 0) is 24.3 Å². The number of nitrogens with two attached hydrogens (primary N) is 1. The summed E-state index contributed by atoms with van der Waals surface area (Å²) in [5.41, 5.74) is 6.92. The third-order valence-electron chi connectivity index (χ3n) is 2.44. The summed E-state index contributed by atoms with van der Waals surface area (Å²) in [5.74, 6) is -0.866. The minimum absolute atomic E-state index is 0.0424. The number of aromatic nitrogens is 1. The molecule has 18 heavy (non-hydrogen) atoms. The first-order valence-electron chi connectivity index (χ1n) is 5.15. The van der Waals surface area contributed by atoms with E-state index in [0.29, 0.717) is 17.1 Å². The van der Waals surface area contributed by atoms with Crippen LogP contribution < -0.4 is 11.1 Å². The summed E-state index contributed by atoms with van der Waals surface area (Å²) in [6.07, 6.45) is 1.63. The Labute approximate surface area is 108 Å². The molecule has 4 nitrogen and oxygen atoms in total. The highest BCUT2D eigenvalue weighted by Gasteiger charge is 2.11. The van der Waals surface area contributed by atoms with E-state index in [1.807, 2.05) is 0 Å². The standard InChI is InChI=1S/C12H11ClFN3O/c1-17-6-7(15)4-11(17)12(18)16-8-2-3-10(14)9(13)5-8/h2-6H,15H2,1H3,(H,16,18). The minimum atomic E-state index is -0.530. The van der Waals surface area contributed by atoms with Crippen molar-refractivity contribution in [2.75, 3.05) is 11.1 Å². The van der Waals surface area contributed by atoms with E-state index in [-0.39, 0.29) is 10.9 Å². The molecule has 1 aromatic carbocycles. The Kier molecular flexibility index (Phi) is 3.25. The highest BCUT2D eigenvalue weighted by molar-refractivity contribution is 6.31. The number of halogens is 2. The van der Waals surface area contributed by atoms with Crippen molar-refractivity contribution < 1.29 is 9.18 Å². The van der Waals surface area contributed by atoms with E-state index in [0.717, 1.165) is 0 Å². The van der Waals surface area contributed by atoms with Crippen molar-refractivity contribution in [1.82, 2.24) is 4.57 Å². The fourth-order valence-electron chi connectivity index (χ4n) is 1.58. The van der Waals surface area contributed by atoms with Gasteiger partial charge in [0.2, 0.25) is 0 Å². The van der Waals surface area contributed by atoms with E-state index < -0.39 is 5.82 Å². The van der Waals surface area contributed by atoms with Gasteiger partial charge in [-0.3, -0.25) is 4.79 Å². The first-order chi connectivity index (χ1) is 8.47. The molecule has 0 aliphatic heterocycles. The largest absolute Gasteiger partial charge is 0.397 e. The number of amides is 1. The van der Waals surface area contributed by atoms with Gasteiger partial charge in [0.25, 0.3) is 5.91 Å². The zero-order valence-electron chi connectivity index (χ0n) is 9.58. The summed E-state index contributed by atoms with van der Waals surface area (Å²) in [6, 6.07) is 5.53. The van der Waals surface area contributed by atoms with Crippen LogP contribution in [-0.4, -0.2) is 10.5 Å². The maximum absolute atomic E-state index is 13.0. The molecular weight excluding hydrogens is 257 g/mol. The summed E-state index contributed by atoms with van der Waals surface area (Å²) < 4.78 is 14.6. The molecule has 1 amide bonds. The van der Waals surface area contributed by atoms with Crippen LogP contribution in [-0.2, 0) is 7.05 Å². The van der Waals surface area contributed by atoms with Gasteiger partial charge >= 0.3 is 0 Å².